The third-order valence-corrected chi connectivity index (χ3v) is 4.88. The highest BCUT2D eigenvalue weighted by Crippen LogP contribution is 2.31. The van der Waals surface area contributed by atoms with E-state index in [1.807, 2.05) is 48.7 Å². The molecule has 1 aromatic heterocycles. The minimum atomic E-state index is -0.221. The van der Waals surface area contributed by atoms with E-state index in [0.29, 0.717) is 22.7 Å². The Morgan fingerprint density at radius 2 is 1.90 bits per heavy atom. The number of hydrogen-bond donors (Lipinski definition) is 2. The van der Waals surface area contributed by atoms with Gasteiger partial charge in [0.1, 0.15) is 11.5 Å². The summed E-state index contributed by atoms with van der Waals surface area (Å²) in [6, 6.07) is 14.7. The second-order valence-electron chi connectivity index (χ2n) is 6.82. The number of hydrogen-bond acceptors (Lipinski definition) is 4. The molecule has 0 bridgehead atoms. The first-order valence-electron chi connectivity index (χ1n) is 9.17. The summed E-state index contributed by atoms with van der Waals surface area (Å²) in [7, 11) is 1.63. The van der Waals surface area contributed by atoms with Crippen LogP contribution in [0.1, 0.15) is 21.7 Å². The van der Waals surface area contributed by atoms with E-state index in [4.69, 9.17) is 9.47 Å². The Morgan fingerprint density at radius 3 is 2.62 bits per heavy atom. The van der Waals surface area contributed by atoms with Crippen LogP contribution in [0.15, 0.2) is 48.5 Å². The van der Waals surface area contributed by atoms with Crippen LogP contribution in [0.25, 0.3) is 5.69 Å². The van der Waals surface area contributed by atoms with Crippen molar-refractivity contribution in [3.63, 3.8) is 0 Å². The van der Waals surface area contributed by atoms with E-state index in [1.165, 1.54) is 0 Å². The second-order valence-corrected chi connectivity index (χ2v) is 6.82. The minimum Gasteiger partial charge on any atom is -0.497 e. The molecule has 0 atom stereocenters. The van der Waals surface area contributed by atoms with Crippen molar-refractivity contribution in [3.8, 4) is 17.2 Å². The zero-order valence-electron chi connectivity index (χ0n) is 16.4. The molecule has 2 aromatic carbocycles. The van der Waals surface area contributed by atoms with Crippen LogP contribution in [0, 0.1) is 13.8 Å². The number of aryl methyl sites for hydroxylation is 1. The fraction of sp³-hybridized carbons (Fsp3) is 0.182. The monoisotopic (exact) mass is 391 g/mol. The molecule has 29 heavy (non-hydrogen) atoms. The topological polar surface area (TPSA) is 81.6 Å². The van der Waals surface area contributed by atoms with E-state index in [2.05, 4.69) is 10.6 Å². The summed E-state index contributed by atoms with van der Waals surface area (Å²) >= 11 is 0. The molecule has 1 aliphatic heterocycles. The van der Waals surface area contributed by atoms with Crippen molar-refractivity contribution in [2.75, 3.05) is 24.4 Å². The van der Waals surface area contributed by atoms with Gasteiger partial charge in [0.15, 0.2) is 6.61 Å². The average Bonchev–Trinajstić information content (AvgIpc) is 3.02. The van der Waals surface area contributed by atoms with Crippen LogP contribution in [-0.2, 0) is 4.79 Å². The average molecular weight is 391 g/mol. The number of nitrogens with one attached hydrogen (secondary N) is 2. The van der Waals surface area contributed by atoms with Gasteiger partial charge in [-0.05, 0) is 62.4 Å². The molecule has 7 nitrogen and oxygen atoms in total. The van der Waals surface area contributed by atoms with Gasteiger partial charge in [0.05, 0.1) is 18.4 Å². The number of anilines is 2. The lowest BCUT2D eigenvalue weighted by atomic mass is 10.2. The molecule has 0 saturated carbocycles. The molecule has 0 unspecified atom stereocenters. The highest BCUT2D eigenvalue weighted by molar-refractivity contribution is 6.06. The van der Waals surface area contributed by atoms with Gasteiger partial charge < -0.3 is 24.7 Å². The van der Waals surface area contributed by atoms with Gasteiger partial charge in [0, 0.05) is 22.8 Å². The normalized spacial score (nSPS) is 12.6. The molecule has 7 heteroatoms. The number of amides is 2. The molecule has 2 amide bonds. The summed E-state index contributed by atoms with van der Waals surface area (Å²) in [4.78, 5) is 24.4. The molecule has 148 valence electrons. The fourth-order valence-corrected chi connectivity index (χ4v) is 3.48. The number of fused-ring (bicyclic) bond motifs is 1. The smallest absolute Gasteiger partial charge is 0.262 e. The predicted molar refractivity (Wildman–Crippen MR) is 110 cm³/mol. The standard InChI is InChI=1S/C22H21N3O4/c1-13-10-18(14(2)25(13)16-5-7-17(28-3)8-6-16)22(27)23-15-4-9-20-19(11-15)24-21(26)12-29-20/h4-11H,12H2,1-3H3,(H,23,27)(H,24,26). The predicted octanol–water partition coefficient (Wildman–Crippen LogP) is 3.69. The van der Waals surface area contributed by atoms with Gasteiger partial charge in [-0.25, -0.2) is 0 Å². The molecule has 4 rings (SSSR count). The molecule has 3 aromatic rings. The van der Waals surface area contributed by atoms with E-state index in [1.54, 1.807) is 25.3 Å². The lowest BCUT2D eigenvalue weighted by molar-refractivity contribution is -0.118. The fourth-order valence-electron chi connectivity index (χ4n) is 3.48. The number of carbonyl (C=O) groups is 2. The molecule has 0 aliphatic carbocycles. The zero-order valence-corrected chi connectivity index (χ0v) is 16.4. The summed E-state index contributed by atoms with van der Waals surface area (Å²) in [5.74, 6) is 0.919. The van der Waals surface area contributed by atoms with Crippen molar-refractivity contribution < 1.29 is 19.1 Å². The molecule has 0 spiro atoms. The van der Waals surface area contributed by atoms with Crippen molar-refractivity contribution in [1.82, 2.24) is 4.57 Å². The maximum Gasteiger partial charge on any atom is 0.262 e. The SMILES string of the molecule is COc1ccc(-n2c(C)cc(C(=O)Nc3ccc4c(c3)NC(=O)CO4)c2C)cc1. The third kappa shape index (κ3) is 3.54. The Morgan fingerprint density at radius 1 is 1.14 bits per heavy atom. The van der Waals surface area contributed by atoms with Gasteiger partial charge >= 0.3 is 0 Å². The quantitative estimate of drug-likeness (QED) is 0.711. The van der Waals surface area contributed by atoms with E-state index >= 15 is 0 Å². The summed E-state index contributed by atoms with van der Waals surface area (Å²) in [5, 5.41) is 5.63. The second kappa shape index (κ2) is 7.35. The number of rotatable bonds is 4. The van der Waals surface area contributed by atoms with Gasteiger partial charge in [0.2, 0.25) is 0 Å². The highest BCUT2D eigenvalue weighted by atomic mass is 16.5. The van der Waals surface area contributed by atoms with Crippen molar-refractivity contribution >= 4 is 23.2 Å². The molecular weight excluding hydrogens is 370 g/mol. The van der Waals surface area contributed by atoms with Crippen LogP contribution >= 0.6 is 0 Å². The number of nitrogens with zero attached hydrogens (tertiary/aromatic N) is 1. The minimum absolute atomic E-state index is 0.00392. The molecular formula is C22H21N3O4. The van der Waals surface area contributed by atoms with Gasteiger partial charge in [-0.15, -0.1) is 0 Å². The van der Waals surface area contributed by atoms with Gasteiger partial charge in [-0.1, -0.05) is 0 Å². The Labute approximate surface area is 168 Å². The Hall–Kier alpha value is -3.74. The Balaban J connectivity index is 1.59. The summed E-state index contributed by atoms with van der Waals surface area (Å²) in [6.07, 6.45) is 0. The van der Waals surface area contributed by atoms with Crippen molar-refractivity contribution in [3.05, 3.63) is 65.5 Å². The summed E-state index contributed by atoms with van der Waals surface area (Å²) in [5.41, 5.74) is 4.44. The van der Waals surface area contributed by atoms with Crippen LogP contribution in [0.5, 0.6) is 11.5 Å². The lowest BCUT2D eigenvalue weighted by Crippen LogP contribution is -2.25. The highest BCUT2D eigenvalue weighted by Gasteiger charge is 2.19. The number of benzene rings is 2. The van der Waals surface area contributed by atoms with Crippen molar-refractivity contribution in [2.45, 2.75) is 13.8 Å². The third-order valence-electron chi connectivity index (χ3n) is 4.88. The molecule has 0 radical (unpaired) electrons. The number of carbonyl (C=O) groups excluding carboxylic acids is 2. The van der Waals surface area contributed by atoms with Crippen LogP contribution in [0.2, 0.25) is 0 Å². The first kappa shape index (κ1) is 18.6. The van der Waals surface area contributed by atoms with E-state index in [0.717, 1.165) is 22.8 Å². The Bertz CT molecular complexity index is 1100. The molecule has 1 aliphatic rings. The van der Waals surface area contributed by atoms with Crippen LogP contribution in [0.3, 0.4) is 0 Å². The van der Waals surface area contributed by atoms with Crippen LogP contribution < -0.4 is 20.1 Å². The number of aromatic nitrogens is 1. The first-order valence-corrected chi connectivity index (χ1v) is 9.17. The maximum atomic E-state index is 12.9. The van der Waals surface area contributed by atoms with Crippen molar-refractivity contribution in [1.29, 1.82) is 0 Å². The van der Waals surface area contributed by atoms with Gasteiger partial charge in [-0.3, -0.25) is 9.59 Å². The lowest BCUT2D eigenvalue weighted by Gasteiger charge is -2.18. The molecule has 0 fully saturated rings. The van der Waals surface area contributed by atoms with Crippen LogP contribution in [0.4, 0.5) is 11.4 Å². The Kier molecular flexibility index (Phi) is 4.72. The molecule has 0 saturated heterocycles. The molecule has 2 N–H and O–H groups in total. The van der Waals surface area contributed by atoms with Crippen molar-refractivity contribution in [2.24, 2.45) is 0 Å². The van der Waals surface area contributed by atoms with E-state index in [-0.39, 0.29) is 18.4 Å². The summed E-state index contributed by atoms with van der Waals surface area (Å²) < 4.78 is 12.6. The van der Waals surface area contributed by atoms with Crippen LogP contribution in [-0.4, -0.2) is 30.1 Å². The first-order chi connectivity index (χ1) is 14.0. The summed E-state index contributed by atoms with van der Waals surface area (Å²) in [6.45, 7) is 3.86. The molecule has 2 heterocycles. The zero-order chi connectivity index (χ0) is 20.5. The van der Waals surface area contributed by atoms with Gasteiger partial charge in [0.25, 0.3) is 11.8 Å². The number of methoxy groups -OCH3 is 1. The maximum absolute atomic E-state index is 12.9. The van der Waals surface area contributed by atoms with Gasteiger partial charge in [-0.2, -0.15) is 0 Å². The van der Waals surface area contributed by atoms with E-state index in [9.17, 15) is 9.59 Å². The van der Waals surface area contributed by atoms with E-state index < -0.39 is 0 Å². The number of ether oxygens (including phenoxy) is 2. The largest absolute Gasteiger partial charge is 0.497 e.